The summed E-state index contributed by atoms with van der Waals surface area (Å²) < 4.78 is 2.22. The standard InChI is InChI=1S/C9H18OTe/c1-2-3-7-11-9-6-4-5-8(9)10/h8-10H,2-7H2,1H3. The fourth-order valence-corrected chi connectivity index (χ4v) is 5.62. The summed E-state index contributed by atoms with van der Waals surface area (Å²) in [7, 11) is 0. The maximum absolute atomic E-state index is 9.52. The second-order valence-corrected chi connectivity index (χ2v) is 7.11. The normalized spacial score (nSPS) is 31.1. The third kappa shape index (κ3) is 3.32. The van der Waals surface area contributed by atoms with E-state index < -0.39 is 0 Å². The van der Waals surface area contributed by atoms with Crippen molar-refractivity contribution < 1.29 is 5.11 Å². The van der Waals surface area contributed by atoms with Gasteiger partial charge in [0, 0.05) is 0 Å². The van der Waals surface area contributed by atoms with Gasteiger partial charge in [-0.2, -0.15) is 0 Å². The van der Waals surface area contributed by atoms with Crippen LogP contribution in [0.4, 0.5) is 0 Å². The Hall–Kier alpha value is 0.750. The van der Waals surface area contributed by atoms with Crippen molar-refractivity contribution in [2.75, 3.05) is 0 Å². The second-order valence-electron chi connectivity index (χ2n) is 3.26. The van der Waals surface area contributed by atoms with Gasteiger partial charge in [-0.05, 0) is 0 Å². The number of aliphatic hydroxyl groups is 1. The first-order valence-corrected chi connectivity index (χ1v) is 7.63. The quantitative estimate of drug-likeness (QED) is 0.613. The molecule has 2 unspecified atom stereocenters. The van der Waals surface area contributed by atoms with Crippen LogP contribution in [0.5, 0.6) is 0 Å². The Kier molecular flexibility index (Phi) is 4.83. The summed E-state index contributed by atoms with van der Waals surface area (Å²) in [5.74, 6) is 0. The molecule has 1 N–H and O–H groups in total. The average Bonchev–Trinajstić information content (AvgIpc) is 2.37. The molecule has 2 atom stereocenters. The Balaban J connectivity index is 2.05. The molecule has 0 bridgehead atoms. The van der Waals surface area contributed by atoms with Crippen molar-refractivity contribution in [1.82, 2.24) is 0 Å². The van der Waals surface area contributed by atoms with Gasteiger partial charge >= 0.3 is 79.6 Å². The molecule has 0 saturated heterocycles. The zero-order valence-corrected chi connectivity index (χ0v) is 9.58. The summed E-state index contributed by atoms with van der Waals surface area (Å²) in [5, 5.41) is 9.52. The van der Waals surface area contributed by atoms with E-state index in [0.29, 0.717) is 0 Å². The molecule has 0 heterocycles. The van der Waals surface area contributed by atoms with Crippen molar-refractivity contribution in [1.29, 1.82) is 0 Å². The van der Waals surface area contributed by atoms with Gasteiger partial charge in [-0.25, -0.2) is 0 Å². The van der Waals surface area contributed by atoms with Crippen molar-refractivity contribution in [2.45, 2.75) is 53.6 Å². The molecule has 0 aliphatic heterocycles. The summed E-state index contributed by atoms with van der Waals surface area (Å²) in [4.78, 5) is 0. The van der Waals surface area contributed by atoms with E-state index in [1.807, 2.05) is 0 Å². The molecule has 0 aromatic carbocycles. The minimum absolute atomic E-state index is 0.0919. The van der Waals surface area contributed by atoms with Gasteiger partial charge in [-0.3, -0.25) is 0 Å². The van der Waals surface area contributed by atoms with E-state index in [9.17, 15) is 5.11 Å². The van der Waals surface area contributed by atoms with Crippen LogP contribution in [0.3, 0.4) is 0 Å². The van der Waals surface area contributed by atoms with E-state index >= 15 is 0 Å². The average molecular weight is 270 g/mol. The van der Waals surface area contributed by atoms with Crippen molar-refractivity contribution in [2.24, 2.45) is 0 Å². The van der Waals surface area contributed by atoms with Crippen LogP contribution in [0.2, 0.25) is 8.43 Å². The summed E-state index contributed by atoms with van der Waals surface area (Å²) >= 11 is 0.155. The molecule has 0 radical (unpaired) electrons. The van der Waals surface area contributed by atoms with E-state index in [1.54, 1.807) is 0 Å². The van der Waals surface area contributed by atoms with Crippen LogP contribution in [0.1, 0.15) is 39.0 Å². The van der Waals surface area contributed by atoms with Gasteiger partial charge in [0.25, 0.3) is 0 Å². The van der Waals surface area contributed by atoms with Crippen molar-refractivity contribution in [3.63, 3.8) is 0 Å². The molecule has 1 aliphatic rings. The number of hydrogen-bond acceptors (Lipinski definition) is 1. The summed E-state index contributed by atoms with van der Waals surface area (Å²) in [6.45, 7) is 2.25. The topological polar surface area (TPSA) is 20.2 Å². The Labute approximate surface area is 79.7 Å². The van der Waals surface area contributed by atoms with Crippen molar-refractivity contribution >= 4 is 20.9 Å². The molecule has 0 aromatic rings. The first-order chi connectivity index (χ1) is 5.34. The Morgan fingerprint density at radius 1 is 1.45 bits per heavy atom. The number of hydrogen-bond donors (Lipinski definition) is 1. The van der Waals surface area contributed by atoms with Crippen LogP contribution in [-0.2, 0) is 0 Å². The van der Waals surface area contributed by atoms with Gasteiger partial charge in [-0.15, -0.1) is 0 Å². The molecule has 1 rings (SSSR count). The molecule has 0 aromatic heterocycles. The molecule has 1 nitrogen and oxygen atoms in total. The predicted octanol–water partition coefficient (Wildman–Crippen LogP) is 2.24. The fourth-order valence-electron chi connectivity index (χ4n) is 1.48. The zero-order chi connectivity index (χ0) is 8.10. The first kappa shape index (κ1) is 9.83. The molecule has 66 valence electrons. The maximum atomic E-state index is 9.52. The van der Waals surface area contributed by atoms with Crippen molar-refractivity contribution in [3.05, 3.63) is 0 Å². The van der Waals surface area contributed by atoms with E-state index in [0.717, 1.165) is 10.4 Å². The number of aliphatic hydroxyl groups excluding tert-OH is 1. The van der Waals surface area contributed by atoms with Crippen LogP contribution >= 0.6 is 0 Å². The second kappa shape index (κ2) is 5.40. The van der Waals surface area contributed by atoms with E-state index in [2.05, 4.69) is 6.92 Å². The van der Waals surface area contributed by atoms with Crippen LogP contribution in [-0.4, -0.2) is 32.1 Å². The van der Waals surface area contributed by atoms with Gasteiger partial charge in [0.1, 0.15) is 0 Å². The minimum atomic E-state index is 0.0919. The van der Waals surface area contributed by atoms with Crippen molar-refractivity contribution in [3.8, 4) is 0 Å². The van der Waals surface area contributed by atoms with E-state index in [4.69, 9.17) is 0 Å². The molecular formula is C9H18OTe. The Morgan fingerprint density at radius 3 is 2.82 bits per heavy atom. The number of rotatable bonds is 4. The molecule has 0 amide bonds. The van der Waals surface area contributed by atoms with Gasteiger partial charge in [0.05, 0.1) is 0 Å². The molecule has 2 heteroatoms. The van der Waals surface area contributed by atoms with E-state index in [1.165, 1.54) is 30.2 Å². The first-order valence-electron chi connectivity index (χ1n) is 4.64. The van der Waals surface area contributed by atoms with Crippen LogP contribution in [0.15, 0.2) is 0 Å². The molecule has 1 fully saturated rings. The third-order valence-electron chi connectivity index (χ3n) is 2.25. The van der Waals surface area contributed by atoms with Gasteiger partial charge in [0.15, 0.2) is 0 Å². The fraction of sp³-hybridized carbons (Fsp3) is 1.00. The molecule has 1 saturated carbocycles. The summed E-state index contributed by atoms with van der Waals surface area (Å²) in [6, 6.07) is 0. The number of unbranched alkanes of at least 4 members (excludes halogenated alkanes) is 1. The monoisotopic (exact) mass is 272 g/mol. The van der Waals surface area contributed by atoms with Gasteiger partial charge < -0.3 is 0 Å². The molecule has 11 heavy (non-hydrogen) atoms. The summed E-state index contributed by atoms with van der Waals surface area (Å²) in [5.41, 5.74) is 0. The zero-order valence-electron chi connectivity index (χ0n) is 7.25. The van der Waals surface area contributed by atoms with Crippen LogP contribution in [0, 0.1) is 0 Å². The summed E-state index contributed by atoms with van der Waals surface area (Å²) in [6.07, 6.45) is 6.51. The SMILES string of the molecule is CCCC[Te]C1CCCC1O. The van der Waals surface area contributed by atoms with E-state index in [-0.39, 0.29) is 27.0 Å². The molecular weight excluding hydrogens is 252 g/mol. The van der Waals surface area contributed by atoms with Crippen LogP contribution in [0.25, 0.3) is 0 Å². The Morgan fingerprint density at radius 2 is 2.27 bits per heavy atom. The molecule has 0 spiro atoms. The van der Waals surface area contributed by atoms with Gasteiger partial charge in [-0.1, -0.05) is 0 Å². The predicted molar refractivity (Wildman–Crippen MR) is 49.1 cm³/mol. The Bertz CT molecular complexity index is 106. The van der Waals surface area contributed by atoms with Crippen LogP contribution < -0.4 is 0 Å². The third-order valence-corrected chi connectivity index (χ3v) is 6.54. The molecule has 1 aliphatic carbocycles. The van der Waals surface area contributed by atoms with Gasteiger partial charge in [0.2, 0.25) is 0 Å².